The molecule has 0 unspecified atom stereocenters. The van der Waals surface area contributed by atoms with Gasteiger partial charge in [0.1, 0.15) is 5.15 Å². The molecule has 2 aliphatic heterocycles. The molecule has 2 aromatic carbocycles. The van der Waals surface area contributed by atoms with E-state index >= 15 is 0 Å². The minimum atomic E-state index is -0.0996. The Morgan fingerprint density at radius 1 is 1.00 bits per heavy atom. The van der Waals surface area contributed by atoms with Crippen molar-refractivity contribution in [1.82, 2.24) is 24.6 Å². The van der Waals surface area contributed by atoms with Crippen LogP contribution in [0.15, 0.2) is 60.9 Å². The molecule has 5 heterocycles. The number of nitrogens with zero attached hydrogens (tertiary/aromatic N) is 6. The van der Waals surface area contributed by atoms with Crippen molar-refractivity contribution < 1.29 is 9.53 Å². The highest BCUT2D eigenvalue weighted by molar-refractivity contribution is 6.30. The maximum Gasteiger partial charge on any atom is 0.260 e. The SMILES string of the molecule is CN1CCC(n2cc3ccc(N(Cc4ccc5c6c(c(Cl)nc5c4)COC6)C(=O)c4ccc(C5CC5)nc4)cc3n2)CC1. The third kappa shape index (κ3) is 5.07. The standard InChI is InChI=1S/C34H33ClN6O2/c1-39-12-10-25(11-13-39)41-18-24-5-7-26(15-31(24)38-41)40(34(42)23-6-9-30(36-16-23)22-3-4-22)17-21-2-8-27-28-19-43-20-29(28)33(35)37-32(27)14-21/h2,5-9,14-16,18,22,25H,3-4,10-13,17,19-20H2,1H3. The lowest BCUT2D eigenvalue weighted by Crippen LogP contribution is -2.31. The van der Waals surface area contributed by atoms with Gasteiger partial charge in [-0.15, -0.1) is 0 Å². The Balaban J connectivity index is 1.15. The Kier molecular flexibility index (Phi) is 6.66. The number of amides is 1. The maximum absolute atomic E-state index is 14.1. The van der Waals surface area contributed by atoms with Crippen LogP contribution >= 0.6 is 11.6 Å². The summed E-state index contributed by atoms with van der Waals surface area (Å²) in [6.45, 7) is 3.54. The number of rotatable bonds is 6. The van der Waals surface area contributed by atoms with Crippen LogP contribution in [0.1, 0.15) is 70.4 Å². The lowest BCUT2D eigenvalue weighted by Gasteiger charge is -2.28. The predicted octanol–water partition coefficient (Wildman–Crippen LogP) is 6.65. The van der Waals surface area contributed by atoms with Gasteiger partial charge < -0.3 is 14.5 Å². The number of likely N-dealkylation sites (tertiary alicyclic amines) is 1. The van der Waals surface area contributed by atoms with E-state index in [-0.39, 0.29) is 5.91 Å². The van der Waals surface area contributed by atoms with Crippen molar-refractivity contribution in [2.45, 2.75) is 57.4 Å². The molecule has 0 radical (unpaired) electrons. The molecule has 1 aliphatic carbocycles. The van der Waals surface area contributed by atoms with Crippen LogP contribution in [0.3, 0.4) is 0 Å². The number of anilines is 1. The first-order valence-electron chi connectivity index (χ1n) is 15.1. The van der Waals surface area contributed by atoms with Crippen molar-refractivity contribution in [3.8, 4) is 0 Å². The van der Waals surface area contributed by atoms with Crippen LogP contribution in [0, 0.1) is 0 Å². The van der Waals surface area contributed by atoms with Crippen molar-refractivity contribution in [1.29, 1.82) is 0 Å². The van der Waals surface area contributed by atoms with Crippen molar-refractivity contribution in [3.05, 3.63) is 94.0 Å². The van der Waals surface area contributed by atoms with Gasteiger partial charge in [0.05, 0.1) is 42.4 Å². The topological polar surface area (TPSA) is 76.4 Å². The normalized spacial score (nSPS) is 17.5. The Morgan fingerprint density at radius 3 is 2.63 bits per heavy atom. The van der Waals surface area contributed by atoms with Crippen LogP contribution in [0.4, 0.5) is 5.69 Å². The van der Waals surface area contributed by atoms with Crippen LogP contribution in [-0.2, 0) is 24.5 Å². The molecule has 1 amide bonds. The molecule has 0 bridgehead atoms. The number of carbonyl (C=O) groups is 1. The molecule has 3 aromatic heterocycles. The fourth-order valence-corrected chi connectivity index (χ4v) is 6.72. The molecule has 0 N–H and O–H groups in total. The fourth-order valence-electron chi connectivity index (χ4n) is 6.46. The average Bonchev–Trinajstić information content (AvgIpc) is 3.59. The maximum atomic E-state index is 14.1. The Morgan fingerprint density at radius 2 is 1.84 bits per heavy atom. The number of benzene rings is 2. The van der Waals surface area contributed by atoms with E-state index in [9.17, 15) is 4.79 Å². The third-order valence-corrected chi connectivity index (χ3v) is 9.52. The van der Waals surface area contributed by atoms with Gasteiger partial charge in [-0.3, -0.25) is 14.5 Å². The molecule has 1 saturated heterocycles. The zero-order valence-electron chi connectivity index (χ0n) is 24.2. The molecule has 1 saturated carbocycles. The molecule has 9 heteroatoms. The number of carbonyl (C=O) groups excluding carboxylic acids is 1. The van der Waals surface area contributed by atoms with E-state index in [4.69, 9.17) is 21.4 Å². The van der Waals surface area contributed by atoms with Gasteiger partial charge in [-0.25, -0.2) is 4.98 Å². The van der Waals surface area contributed by atoms with E-state index in [2.05, 4.69) is 51.0 Å². The van der Waals surface area contributed by atoms with Gasteiger partial charge in [0, 0.05) is 46.0 Å². The average molecular weight is 593 g/mol. The van der Waals surface area contributed by atoms with Crippen LogP contribution in [0.25, 0.3) is 21.8 Å². The van der Waals surface area contributed by atoms with Crippen molar-refractivity contribution in [2.24, 2.45) is 0 Å². The minimum Gasteiger partial charge on any atom is -0.372 e. The number of halogens is 1. The van der Waals surface area contributed by atoms with E-state index in [0.29, 0.717) is 42.4 Å². The first kappa shape index (κ1) is 26.8. The number of hydrogen-bond acceptors (Lipinski definition) is 6. The first-order valence-corrected chi connectivity index (χ1v) is 15.5. The van der Waals surface area contributed by atoms with Gasteiger partial charge in [-0.2, -0.15) is 5.10 Å². The summed E-state index contributed by atoms with van der Waals surface area (Å²) in [5.74, 6) is 0.434. The van der Waals surface area contributed by atoms with Gasteiger partial charge in [0.15, 0.2) is 0 Å². The Labute approximate surface area is 255 Å². The summed E-state index contributed by atoms with van der Waals surface area (Å²) < 4.78 is 7.77. The molecule has 8 rings (SSSR count). The number of ether oxygens (including phenoxy) is 1. The highest BCUT2D eigenvalue weighted by Crippen LogP contribution is 2.39. The summed E-state index contributed by atoms with van der Waals surface area (Å²) in [5, 5.41) is 7.58. The molecule has 0 atom stereocenters. The van der Waals surface area contributed by atoms with Crippen LogP contribution < -0.4 is 4.90 Å². The Bertz CT molecular complexity index is 1860. The van der Waals surface area contributed by atoms with Crippen molar-refractivity contribution >= 4 is 45.0 Å². The smallest absolute Gasteiger partial charge is 0.260 e. The van der Waals surface area contributed by atoms with E-state index in [1.165, 1.54) is 12.8 Å². The number of aromatic nitrogens is 4. The fraction of sp³-hybridized carbons (Fsp3) is 0.353. The lowest BCUT2D eigenvalue weighted by atomic mass is 10.0. The van der Waals surface area contributed by atoms with Crippen molar-refractivity contribution in [3.63, 3.8) is 0 Å². The van der Waals surface area contributed by atoms with Crippen LogP contribution in [0.2, 0.25) is 5.15 Å². The molecule has 0 spiro atoms. The highest BCUT2D eigenvalue weighted by atomic mass is 35.5. The summed E-state index contributed by atoms with van der Waals surface area (Å²) in [6, 6.07) is 16.6. The second-order valence-corrected chi connectivity index (χ2v) is 12.6. The number of hydrogen-bond donors (Lipinski definition) is 0. The lowest BCUT2D eigenvalue weighted by molar-refractivity contribution is 0.0984. The van der Waals surface area contributed by atoms with Gasteiger partial charge >= 0.3 is 0 Å². The first-order chi connectivity index (χ1) is 21.0. The van der Waals surface area contributed by atoms with Gasteiger partial charge in [-0.1, -0.05) is 23.7 Å². The zero-order chi connectivity index (χ0) is 29.1. The monoisotopic (exact) mass is 592 g/mol. The predicted molar refractivity (Wildman–Crippen MR) is 167 cm³/mol. The molecule has 2 fully saturated rings. The molecule has 43 heavy (non-hydrogen) atoms. The largest absolute Gasteiger partial charge is 0.372 e. The molecule has 8 nitrogen and oxygen atoms in total. The van der Waals surface area contributed by atoms with Gasteiger partial charge in [-0.05, 0) is 93.3 Å². The van der Waals surface area contributed by atoms with Crippen LogP contribution in [0.5, 0.6) is 0 Å². The summed E-state index contributed by atoms with van der Waals surface area (Å²) in [6.07, 6.45) is 8.38. The number of fused-ring (bicyclic) bond motifs is 4. The van der Waals surface area contributed by atoms with E-state index in [1.54, 1.807) is 6.20 Å². The Hall–Kier alpha value is -3.85. The van der Waals surface area contributed by atoms with Gasteiger partial charge in [0.2, 0.25) is 0 Å². The van der Waals surface area contributed by atoms with Gasteiger partial charge in [0.25, 0.3) is 5.91 Å². The summed E-state index contributed by atoms with van der Waals surface area (Å²) in [7, 11) is 2.17. The van der Waals surface area contributed by atoms with Crippen LogP contribution in [-0.4, -0.2) is 50.7 Å². The quantitative estimate of drug-likeness (QED) is 0.205. The zero-order valence-corrected chi connectivity index (χ0v) is 24.9. The second-order valence-electron chi connectivity index (χ2n) is 12.2. The summed E-state index contributed by atoms with van der Waals surface area (Å²) in [5.41, 5.74) is 7.15. The third-order valence-electron chi connectivity index (χ3n) is 9.21. The molecule has 218 valence electrons. The van der Waals surface area contributed by atoms with E-state index in [0.717, 1.165) is 75.8 Å². The number of pyridine rings is 2. The van der Waals surface area contributed by atoms with Crippen molar-refractivity contribution in [2.75, 3.05) is 25.0 Å². The minimum absolute atomic E-state index is 0.0996. The summed E-state index contributed by atoms with van der Waals surface area (Å²) in [4.78, 5) is 27.6. The van der Waals surface area contributed by atoms with E-state index < -0.39 is 0 Å². The summed E-state index contributed by atoms with van der Waals surface area (Å²) >= 11 is 6.52. The number of piperidine rings is 1. The second kappa shape index (κ2) is 10.7. The van der Waals surface area contributed by atoms with E-state index in [1.807, 2.05) is 35.2 Å². The molecular formula is C34H33ClN6O2. The highest BCUT2D eigenvalue weighted by Gasteiger charge is 2.27. The molecule has 3 aliphatic rings. The molecule has 5 aromatic rings. The molecular weight excluding hydrogens is 560 g/mol.